The van der Waals surface area contributed by atoms with E-state index in [1.54, 1.807) is 0 Å². The number of ether oxygens (including phenoxy) is 1. The molecule has 5 nitrogen and oxygen atoms in total. The Morgan fingerprint density at radius 1 is 1.50 bits per heavy atom. The van der Waals surface area contributed by atoms with Crippen LogP contribution in [-0.4, -0.2) is 37.6 Å². The lowest BCUT2D eigenvalue weighted by molar-refractivity contribution is -0.135. The molecule has 0 saturated carbocycles. The van der Waals surface area contributed by atoms with Crippen LogP contribution < -0.4 is 10.6 Å². The Bertz CT molecular complexity index is 218. The molecule has 1 atom stereocenters. The van der Waals surface area contributed by atoms with Crippen LogP contribution >= 0.6 is 0 Å². The fourth-order valence-corrected chi connectivity index (χ4v) is 1.17. The number of piperazine rings is 1. The van der Waals surface area contributed by atoms with Crippen molar-refractivity contribution in [1.29, 1.82) is 0 Å². The van der Waals surface area contributed by atoms with Crippen molar-refractivity contribution in [2.24, 2.45) is 0 Å². The van der Waals surface area contributed by atoms with E-state index in [1.807, 2.05) is 0 Å². The van der Waals surface area contributed by atoms with Gasteiger partial charge in [-0.15, -0.1) is 0 Å². The van der Waals surface area contributed by atoms with E-state index in [-0.39, 0.29) is 25.0 Å². The van der Waals surface area contributed by atoms with Crippen LogP contribution in [0.1, 0.15) is 19.8 Å². The van der Waals surface area contributed by atoms with Crippen molar-refractivity contribution in [3.05, 3.63) is 0 Å². The number of amides is 2. The Morgan fingerprint density at radius 3 is 3.00 bits per heavy atom. The van der Waals surface area contributed by atoms with Crippen LogP contribution in [0.5, 0.6) is 0 Å². The molecule has 0 aliphatic carbocycles. The first-order valence-corrected chi connectivity index (χ1v) is 4.89. The monoisotopic (exact) mass is 200 g/mol. The van der Waals surface area contributed by atoms with Crippen molar-refractivity contribution >= 4 is 11.8 Å². The molecule has 1 fully saturated rings. The predicted octanol–water partition coefficient (Wildman–Crippen LogP) is -0.582. The van der Waals surface area contributed by atoms with Crippen LogP contribution in [0.25, 0.3) is 0 Å². The van der Waals surface area contributed by atoms with E-state index in [0.29, 0.717) is 6.61 Å². The van der Waals surface area contributed by atoms with E-state index in [2.05, 4.69) is 17.6 Å². The fraction of sp³-hybridized carbons (Fsp3) is 0.778. The average Bonchev–Trinajstić information content (AvgIpc) is 2.18. The smallest absolute Gasteiger partial charge is 0.245 e. The zero-order valence-corrected chi connectivity index (χ0v) is 8.34. The average molecular weight is 200 g/mol. The lowest BCUT2D eigenvalue weighted by atomic mass is 10.2. The van der Waals surface area contributed by atoms with Crippen molar-refractivity contribution in [2.45, 2.75) is 25.8 Å². The quantitative estimate of drug-likeness (QED) is 0.583. The number of hydrogen-bond acceptors (Lipinski definition) is 3. The van der Waals surface area contributed by atoms with E-state index < -0.39 is 6.04 Å². The highest BCUT2D eigenvalue weighted by Crippen LogP contribution is 1.94. The summed E-state index contributed by atoms with van der Waals surface area (Å²) < 4.78 is 5.26. The summed E-state index contributed by atoms with van der Waals surface area (Å²) in [5.74, 6) is -0.324. The van der Waals surface area contributed by atoms with Crippen LogP contribution in [0.2, 0.25) is 0 Å². The molecule has 1 aliphatic heterocycles. The number of nitrogens with one attached hydrogen (secondary N) is 2. The van der Waals surface area contributed by atoms with Crippen molar-refractivity contribution in [2.75, 3.05) is 19.8 Å². The van der Waals surface area contributed by atoms with E-state index in [0.717, 1.165) is 12.8 Å². The van der Waals surface area contributed by atoms with Crippen LogP contribution in [-0.2, 0) is 14.3 Å². The summed E-state index contributed by atoms with van der Waals surface area (Å²) in [6.45, 7) is 3.04. The van der Waals surface area contributed by atoms with Gasteiger partial charge in [0.05, 0.1) is 13.2 Å². The largest absolute Gasteiger partial charge is 0.379 e. The number of carbonyl (C=O) groups excluding carboxylic acids is 2. The SMILES string of the molecule is CCCCOC[C@@H]1NC(=O)CNC1=O. The van der Waals surface area contributed by atoms with Crippen molar-refractivity contribution in [3.8, 4) is 0 Å². The van der Waals surface area contributed by atoms with Crippen molar-refractivity contribution in [3.63, 3.8) is 0 Å². The molecule has 2 amide bonds. The molecule has 1 rings (SSSR count). The summed E-state index contributed by atoms with van der Waals surface area (Å²) in [6, 6.07) is -0.520. The minimum absolute atomic E-state index is 0.0737. The molecule has 0 aromatic carbocycles. The van der Waals surface area contributed by atoms with Crippen LogP contribution in [0.15, 0.2) is 0 Å². The zero-order valence-electron chi connectivity index (χ0n) is 8.34. The first-order valence-electron chi connectivity index (χ1n) is 4.89. The van der Waals surface area contributed by atoms with Gasteiger partial charge in [-0.1, -0.05) is 13.3 Å². The van der Waals surface area contributed by atoms with Gasteiger partial charge in [0.1, 0.15) is 6.04 Å². The first-order chi connectivity index (χ1) is 6.74. The van der Waals surface area contributed by atoms with Gasteiger partial charge in [-0.2, -0.15) is 0 Å². The molecule has 0 radical (unpaired) electrons. The maximum absolute atomic E-state index is 11.2. The maximum Gasteiger partial charge on any atom is 0.245 e. The molecule has 2 N–H and O–H groups in total. The second-order valence-corrected chi connectivity index (χ2v) is 3.27. The second kappa shape index (κ2) is 5.59. The number of hydrogen-bond donors (Lipinski definition) is 2. The van der Waals surface area contributed by atoms with Gasteiger partial charge in [0, 0.05) is 6.61 Å². The fourth-order valence-electron chi connectivity index (χ4n) is 1.17. The molecule has 1 saturated heterocycles. The van der Waals surface area contributed by atoms with Gasteiger partial charge in [-0.3, -0.25) is 9.59 Å². The van der Waals surface area contributed by atoms with Crippen molar-refractivity contribution < 1.29 is 14.3 Å². The molecular weight excluding hydrogens is 184 g/mol. The number of unbranched alkanes of at least 4 members (excludes halogenated alkanes) is 1. The molecule has 14 heavy (non-hydrogen) atoms. The molecule has 0 aromatic heterocycles. The van der Waals surface area contributed by atoms with Crippen molar-refractivity contribution in [1.82, 2.24) is 10.6 Å². The molecule has 0 spiro atoms. The molecule has 0 bridgehead atoms. The van der Waals surface area contributed by atoms with Gasteiger partial charge in [0.25, 0.3) is 0 Å². The van der Waals surface area contributed by atoms with E-state index in [9.17, 15) is 9.59 Å². The summed E-state index contributed by atoms with van der Waals surface area (Å²) in [7, 11) is 0. The Kier molecular flexibility index (Phi) is 4.39. The zero-order chi connectivity index (χ0) is 10.4. The predicted molar refractivity (Wildman–Crippen MR) is 50.7 cm³/mol. The third-order valence-corrected chi connectivity index (χ3v) is 2.00. The summed E-state index contributed by atoms with van der Waals surface area (Å²) in [5.41, 5.74) is 0. The molecule has 80 valence electrons. The lowest BCUT2D eigenvalue weighted by Crippen LogP contribution is -2.57. The second-order valence-electron chi connectivity index (χ2n) is 3.27. The van der Waals surface area contributed by atoms with Gasteiger partial charge in [0.2, 0.25) is 11.8 Å². The third kappa shape index (κ3) is 3.33. The summed E-state index contributed by atoms with van der Waals surface area (Å²) in [4.78, 5) is 22.1. The Balaban J connectivity index is 2.21. The molecule has 0 unspecified atom stereocenters. The van der Waals surface area contributed by atoms with Gasteiger partial charge in [-0.25, -0.2) is 0 Å². The molecule has 1 heterocycles. The highest BCUT2D eigenvalue weighted by Gasteiger charge is 2.25. The van der Waals surface area contributed by atoms with Gasteiger partial charge in [0.15, 0.2) is 0 Å². The highest BCUT2D eigenvalue weighted by molar-refractivity contribution is 5.94. The first kappa shape index (κ1) is 11.0. The molecule has 5 heteroatoms. The number of carbonyl (C=O) groups is 2. The Hall–Kier alpha value is -1.10. The van der Waals surface area contributed by atoms with Gasteiger partial charge < -0.3 is 15.4 Å². The maximum atomic E-state index is 11.2. The third-order valence-electron chi connectivity index (χ3n) is 2.00. The Labute approximate surface area is 83.2 Å². The van der Waals surface area contributed by atoms with Crippen LogP contribution in [0.4, 0.5) is 0 Å². The summed E-state index contributed by atoms with van der Waals surface area (Å²) >= 11 is 0. The standard InChI is InChI=1S/C9H16N2O3/c1-2-3-4-14-6-7-9(13)10-5-8(12)11-7/h7H,2-6H2,1H3,(H,10,13)(H,11,12)/t7-/m0/s1. The van der Waals surface area contributed by atoms with E-state index in [1.165, 1.54) is 0 Å². The minimum atomic E-state index is -0.520. The molecular formula is C9H16N2O3. The molecule has 1 aliphatic rings. The van der Waals surface area contributed by atoms with E-state index in [4.69, 9.17) is 4.74 Å². The van der Waals surface area contributed by atoms with Gasteiger partial charge in [-0.05, 0) is 6.42 Å². The van der Waals surface area contributed by atoms with Crippen LogP contribution in [0, 0.1) is 0 Å². The van der Waals surface area contributed by atoms with Gasteiger partial charge >= 0.3 is 0 Å². The number of rotatable bonds is 5. The molecule has 0 aromatic rings. The minimum Gasteiger partial charge on any atom is -0.379 e. The summed E-state index contributed by atoms with van der Waals surface area (Å²) in [6.07, 6.45) is 2.03. The van der Waals surface area contributed by atoms with Crippen LogP contribution in [0.3, 0.4) is 0 Å². The lowest BCUT2D eigenvalue weighted by Gasteiger charge is -2.22. The van der Waals surface area contributed by atoms with E-state index >= 15 is 0 Å². The Morgan fingerprint density at radius 2 is 2.29 bits per heavy atom. The normalized spacial score (nSPS) is 21.6. The topological polar surface area (TPSA) is 67.4 Å². The summed E-state index contributed by atoms with van der Waals surface area (Å²) in [5, 5.41) is 5.06. The highest BCUT2D eigenvalue weighted by atomic mass is 16.5.